The van der Waals surface area contributed by atoms with E-state index in [0.717, 1.165) is 11.8 Å². The smallest absolute Gasteiger partial charge is 0.0162 e. The van der Waals surface area contributed by atoms with Crippen LogP contribution in [0.3, 0.4) is 0 Å². The van der Waals surface area contributed by atoms with Gasteiger partial charge in [-0.1, -0.05) is 68.5 Å². The molecule has 0 atom stereocenters. The first-order valence-electron chi connectivity index (χ1n) is 8.94. The lowest BCUT2D eigenvalue weighted by molar-refractivity contribution is 0.303. The lowest BCUT2D eigenvalue weighted by Crippen LogP contribution is -2.13. The van der Waals surface area contributed by atoms with Crippen LogP contribution in [-0.2, 0) is 0 Å². The van der Waals surface area contributed by atoms with Crippen molar-refractivity contribution in [2.75, 3.05) is 0 Å². The molecule has 0 radical (unpaired) electrons. The Kier molecular flexibility index (Phi) is 6.54. The zero-order valence-electron chi connectivity index (χ0n) is 14.2. The molecule has 0 heterocycles. The first-order valence-corrected chi connectivity index (χ1v) is 8.94. The molecule has 0 aromatic heterocycles. The van der Waals surface area contributed by atoms with Crippen LogP contribution in [0.4, 0.5) is 0 Å². The molecular formula is C21H32. The van der Waals surface area contributed by atoms with E-state index in [2.05, 4.69) is 51.1 Å². The number of unbranched alkanes of at least 4 members (excludes halogenated alkanes) is 2. The van der Waals surface area contributed by atoms with Gasteiger partial charge in [-0.05, 0) is 62.5 Å². The van der Waals surface area contributed by atoms with Gasteiger partial charge in [0.25, 0.3) is 0 Å². The van der Waals surface area contributed by atoms with E-state index in [4.69, 9.17) is 0 Å². The fourth-order valence-electron chi connectivity index (χ4n) is 3.67. The number of hydrogen-bond acceptors (Lipinski definition) is 0. The van der Waals surface area contributed by atoms with Crippen LogP contribution in [0.5, 0.6) is 0 Å². The second-order valence-corrected chi connectivity index (χ2v) is 7.10. The van der Waals surface area contributed by atoms with E-state index in [9.17, 15) is 0 Å². The standard InChI is InChI=1S/C21H32/c1-4-5-6-7-18-8-12-20(13-9-18)21-14-10-19(11-15-21)16-17(2)3/h10-11,14-16,18,20H,4-9,12-13H2,1-3H3. The topological polar surface area (TPSA) is 0 Å². The van der Waals surface area contributed by atoms with Crippen LogP contribution in [-0.4, -0.2) is 0 Å². The number of benzene rings is 1. The van der Waals surface area contributed by atoms with Crippen LogP contribution in [0.2, 0.25) is 0 Å². The predicted molar refractivity (Wildman–Crippen MR) is 94.6 cm³/mol. The van der Waals surface area contributed by atoms with Gasteiger partial charge in [0.05, 0.1) is 0 Å². The number of hydrogen-bond donors (Lipinski definition) is 0. The van der Waals surface area contributed by atoms with Gasteiger partial charge in [-0.25, -0.2) is 0 Å². The van der Waals surface area contributed by atoms with Gasteiger partial charge in [0.2, 0.25) is 0 Å². The van der Waals surface area contributed by atoms with Gasteiger partial charge >= 0.3 is 0 Å². The molecular weight excluding hydrogens is 252 g/mol. The Hall–Kier alpha value is -1.04. The van der Waals surface area contributed by atoms with Crippen molar-refractivity contribution in [3.05, 3.63) is 41.0 Å². The van der Waals surface area contributed by atoms with Crippen molar-refractivity contribution in [1.82, 2.24) is 0 Å². The molecule has 0 unspecified atom stereocenters. The Morgan fingerprint density at radius 3 is 2.24 bits per heavy atom. The largest absolute Gasteiger partial charge is 0.0758 e. The zero-order chi connectivity index (χ0) is 15.1. The molecule has 21 heavy (non-hydrogen) atoms. The Balaban J connectivity index is 1.83. The minimum atomic E-state index is 0.813. The molecule has 1 aromatic carbocycles. The highest BCUT2D eigenvalue weighted by Gasteiger charge is 2.21. The molecule has 0 aliphatic heterocycles. The van der Waals surface area contributed by atoms with E-state index in [-0.39, 0.29) is 0 Å². The van der Waals surface area contributed by atoms with Gasteiger partial charge < -0.3 is 0 Å². The molecule has 0 N–H and O–H groups in total. The maximum atomic E-state index is 2.36. The summed E-state index contributed by atoms with van der Waals surface area (Å²) in [5.74, 6) is 1.82. The fourth-order valence-corrected chi connectivity index (χ4v) is 3.67. The molecule has 1 fully saturated rings. The first kappa shape index (κ1) is 16.3. The third-order valence-electron chi connectivity index (χ3n) is 4.93. The summed E-state index contributed by atoms with van der Waals surface area (Å²) in [6, 6.07) is 9.29. The Morgan fingerprint density at radius 2 is 1.67 bits per heavy atom. The fraction of sp³-hybridized carbons (Fsp3) is 0.619. The molecule has 1 aromatic rings. The van der Waals surface area contributed by atoms with Crippen LogP contribution < -0.4 is 0 Å². The molecule has 0 saturated heterocycles. The summed E-state index contributed by atoms with van der Waals surface area (Å²) in [6.07, 6.45) is 13.7. The van der Waals surface area contributed by atoms with Crippen LogP contribution in [0.25, 0.3) is 6.08 Å². The summed E-state index contributed by atoms with van der Waals surface area (Å²) >= 11 is 0. The highest BCUT2D eigenvalue weighted by molar-refractivity contribution is 5.52. The Bertz CT molecular complexity index is 426. The Morgan fingerprint density at radius 1 is 1.00 bits per heavy atom. The normalized spacial score (nSPS) is 22.0. The van der Waals surface area contributed by atoms with E-state index < -0.39 is 0 Å². The lowest BCUT2D eigenvalue weighted by atomic mass is 9.77. The third kappa shape index (κ3) is 5.34. The predicted octanol–water partition coefficient (Wildman–Crippen LogP) is 6.96. The average Bonchev–Trinajstić information content (AvgIpc) is 2.49. The SMILES string of the molecule is CCCCCC1CCC(c2ccc(C=C(C)C)cc2)CC1. The molecule has 0 nitrogen and oxygen atoms in total. The Labute approximate surface area is 131 Å². The molecule has 0 amide bonds. The van der Waals surface area contributed by atoms with Crippen molar-refractivity contribution in [2.45, 2.75) is 78.1 Å². The van der Waals surface area contributed by atoms with Gasteiger partial charge in [-0.3, -0.25) is 0 Å². The van der Waals surface area contributed by atoms with Gasteiger partial charge in [0, 0.05) is 0 Å². The summed E-state index contributed by atoms with van der Waals surface area (Å²) in [5.41, 5.74) is 4.27. The van der Waals surface area contributed by atoms with Gasteiger partial charge in [0.15, 0.2) is 0 Å². The van der Waals surface area contributed by atoms with E-state index in [1.54, 1.807) is 5.56 Å². The third-order valence-corrected chi connectivity index (χ3v) is 4.93. The van der Waals surface area contributed by atoms with Crippen molar-refractivity contribution in [3.63, 3.8) is 0 Å². The molecule has 1 aliphatic rings. The molecule has 2 rings (SSSR count). The molecule has 1 saturated carbocycles. The summed E-state index contributed by atoms with van der Waals surface area (Å²) in [4.78, 5) is 0. The minimum Gasteiger partial charge on any atom is -0.0758 e. The first-order chi connectivity index (χ1) is 10.2. The van der Waals surface area contributed by atoms with E-state index in [1.165, 1.54) is 62.5 Å². The summed E-state index contributed by atoms with van der Waals surface area (Å²) in [6.45, 7) is 6.62. The molecule has 0 heteroatoms. The summed E-state index contributed by atoms with van der Waals surface area (Å²) < 4.78 is 0. The maximum absolute atomic E-state index is 2.36. The monoisotopic (exact) mass is 284 g/mol. The number of rotatable bonds is 6. The second-order valence-electron chi connectivity index (χ2n) is 7.10. The van der Waals surface area contributed by atoms with E-state index in [1.807, 2.05) is 0 Å². The summed E-state index contributed by atoms with van der Waals surface area (Å²) in [5, 5.41) is 0. The van der Waals surface area contributed by atoms with Crippen LogP contribution in [0.1, 0.15) is 89.2 Å². The van der Waals surface area contributed by atoms with Crippen molar-refractivity contribution >= 4 is 6.08 Å². The van der Waals surface area contributed by atoms with Crippen molar-refractivity contribution in [3.8, 4) is 0 Å². The van der Waals surface area contributed by atoms with Crippen molar-refractivity contribution < 1.29 is 0 Å². The van der Waals surface area contributed by atoms with E-state index >= 15 is 0 Å². The molecule has 0 spiro atoms. The quantitative estimate of drug-likeness (QED) is 0.495. The van der Waals surface area contributed by atoms with Crippen LogP contribution >= 0.6 is 0 Å². The molecule has 0 bridgehead atoms. The highest BCUT2D eigenvalue weighted by Crippen LogP contribution is 2.37. The molecule has 1 aliphatic carbocycles. The van der Waals surface area contributed by atoms with Gasteiger partial charge in [-0.2, -0.15) is 0 Å². The summed E-state index contributed by atoms with van der Waals surface area (Å²) in [7, 11) is 0. The van der Waals surface area contributed by atoms with Crippen molar-refractivity contribution in [1.29, 1.82) is 0 Å². The van der Waals surface area contributed by atoms with Crippen LogP contribution in [0, 0.1) is 5.92 Å². The number of allylic oxidation sites excluding steroid dienone is 1. The molecule has 116 valence electrons. The van der Waals surface area contributed by atoms with Gasteiger partial charge in [-0.15, -0.1) is 0 Å². The zero-order valence-corrected chi connectivity index (χ0v) is 14.2. The second kappa shape index (κ2) is 8.41. The van der Waals surface area contributed by atoms with Gasteiger partial charge in [0.1, 0.15) is 0 Å². The maximum Gasteiger partial charge on any atom is -0.0162 e. The minimum absolute atomic E-state index is 0.813. The van der Waals surface area contributed by atoms with E-state index in [0.29, 0.717) is 0 Å². The lowest BCUT2D eigenvalue weighted by Gasteiger charge is -2.29. The highest BCUT2D eigenvalue weighted by atomic mass is 14.3. The van der Waals surface area contributed by atoms with Crippen LogP contribution in [0.15, 0.2) is 29.8 Å². The van der Waals surface area contributed by atoms with Crippen molar-refractivity contribution in [2.24, 2.45) is 5.92 Å². The average molecular weight is 284 g/mol.